The molecule has 2 saturated heterocycles. The Kier molecular flexibility index (Phi) is 5.55. The van der Waals surface area contributed by atoms with E-state index in [0.717, 1.165) is 0 Å². The minimum absolute atomic E-state index is 0.253. The first-order chi connectivity index (χ1) is 11.2. The van der Waals surface area contributed by atoms with Crippen LogP contribution in [0.25, 0.3) is 0 Å². The highest BCUT2D eigenvalue weighted by molar-refractivity contribution is 5.74. The first-order valence-electron chi connectivity index (χ1n) is 8.97. The molecule has 0 aliphatic carbocycles. The Morgan fingerprint density at radius 2 is 1.96 bits per heavy atom. The fraction of sp³-hybridized carbons (Fsp3) is 0.632. The Bertz CT molecular complexity index is 503. The van der Waals surface area contributed by atoms with Gasteiger partial charge in [0.05, 0.1) is 25.7 Å². The van der Waals surface area contributed by atoms with Gasteiger partial charge in [-0.15, -0.1) is 0 Å². The molecule has 0 radical (unpaired) electrons. The molecule has 2 aliphatic rings. The number of carbonyl (C=O) groups is 1. The van der Waals surface area contributed by atoms with Crippen LogP contribution in [0.3, 0.4) is 0 Å². The lowest BCUT2D eigenvalue weighted by molar-refractivity contribution is -0.940. The molecule has 23 heavy (non-hydrogen) atoms. The minimum atomic E-state index is -0.559. The number of ether oxygens (including phenoxy) is 2. The summed E-state index contributed by atoms with van der Waals surface area (Å²) in [6.45, 7) is 4.90. The van der Waals surface area contributed by atoms with Gasteiger partial charge in [-0.05, 0) is 51.2 Å². The number of nitrogens with one attached hydrogen (secondary N) is 1. The molecule has 2 aliphatic heterocycles. The van der Waals surface area contributed by atoms with E-state index in [1.807, 2.05) is 30.3 Å². The number of piperidine rings is 2. The summed E-state index contributed by atoms with van der Waals surface area (Å²) in [5.41, 5.74) is 0. The number of hydrogen-bond acceptors (Lipinski definition) is 3. The van der Waals surface area contributed by atoms with Crippen LogP contribution in [0.2, 0.25) is 0 Å². The number of hydrogen-bond donors (Lipinski definition) is 1. The van der Waals surface area contributed by atoms with Gasteiger partial charge in [0.2, 0.25) is 0 Å². The summed E-state index contributed by atoms with van der Waals surface area (Å²) in [6.07, 6.45) is 5.84. The van der Waals surface area contributed by atoms with Gasteiger partial charge in [0.25, 0.3) is 0 Å². The van der Waals surface area contributed by atoms with Crippen molar-refractivity contribution in [3.8, 4) is 5.75 Å². The molecular formula is C19H28NO3+. The molecule has 1 N–H and O–H groups in total. The molecule has 1 aromatic rings. The lowest BCUT2D eigenvalue weighted by atomic mass is 9.84. The highest BCUT2D eigenvalue weighted by atomic mass is 16.6. The number of fused-ring (bicyclic) bond motifs is 1. The fourth-order valence-corrected chi connectivity index (χ4v) is 4.04. The van der Waals surface area contributed by atoms with Crippen LogP contribution >= 0.6 is 0 Å². The predicted octanol–water partition coefficient (Wildman–Crippen LogP) is 1.84. The molecule has 0 spiro atoms. The largest absolute Gasteiger partial charge is 0.479 e. The van der Waals surface area contributed by atoms with Crippen LogP contribution in [0.4, 0.5) is 0 Å². The zero-order valence-electron chi connectivity index (χ0n) is 14.0. The first-order valence-corrected chi connectivity index (χ1v) is 8.97. The Balaban J connectivity index is 1.48. The fourth-order valence-electron chi connectivity index (χ4n) is 4.04. The Hall–Kier alpha value is -1.55. The van der Waals surface area contributed by atoms with E-state index in [1.165, 1.54) is 45.2 Å². The third-order valence-corrected chi connectivity index (χ3v) is 5.26. The van der Waals surface area contributed by atoms with E-state index in [-0.39, 0.29) is 5.97 Å². The molecule has 4 atom stereocenters. The maximum absolute atomic E-state index is 12.2. The van der Waals surface area contributed by atoms with Crippen LogP contribution < -0.4 is 9.64 Å². The van der Waals surface area contributed by atoms with Gasteiger partial charge in [-0.25, -0.2) is 4.79 Å². The van der Waals surface area contributed by atoms with Crippen molar-refractivity contribution in [1.29, 1.82) is 0 Å². The van der Waals surface area contributed by atoms with E-state index < -0.39 is 6.10 Å². The van der Waals surface area contributed by atoms with Crippen molar-refractivity contribution in [3.05, 3.63) is 30.3 Å². The third-order valence-electron chi connectivity index (χ3n) is 5.26. The number of esters is 1. The minimum Gasteiger partial charge on any atom is -0.479 e. The van der Waals surface area contributed by atoms with Gasteiger partial charge < -0.3 is 14.4 Å². The van der Waals surface area contributed by atoms with Crippen molar-refractivity contribution in [2.24, 2.45) is 5.92 Å². The summed E-state index contributed by atoms with van der Waals surface area (Å²) in [4.78, 5) is 13.9. The maximum Gasteiger partial charge on any atom is 0.347 e. The molecule has 3 rings (SSSR count). The summed E-state index contributed by atoms with van der Waals surface area (Å²) < 4.78 is 11.2. The number of quaternary nitrogens is 1. The van der Waals surface area contributed by atoms with Crippen LogP contribution in [-0.2, 0) is 9.53 Å². The molecule has 4 nitrogen and oxygen atoms in total. The second-order valence-corrected chi connectivity index (χ2v) is 6.87. The molecule has 0 aromatic heterocycles. The van der Waals surface area contributed by atoms with Crippen LogP contribution in [0.1, 0.15) is 39.0 Å². The van der Waals surface area contributed by atoms with Crippen LogP contribution in [0, 0.1) is 5.92 Å². The van der Waals surface area contributed by atoms with Crippen molar-refractivity contribution in [3.63, 3.8) is 0 Å². The number of para-hydroxylation sites is 1. The van der Waals surface area contributed by atoms with Crippen LogP contribution in [0.15, 0.2) is 30.3 Å². The van der Waals surface area contributed by atoms with E-state index in [2.05, 4.69) is 0 Å². The standard InChI is InChI=1S/C19H27NO3/c1-15(23-17-9-3-2-4-10-17)19(21)22-14-16-8-7-13-20-12-6-5-11-18(16)20/h2-4,9-10,15-16,18H,5-8,11-14H2,1H3/p+1/t15-,16+,18+/m0/s1. The first kappa shape index (κ1) is 16.3. The van der Waals surface area contributed by atoms with E-state index in [1.54, 1.807) is 11.8 Å². The average molecular weight is 318 g/mol. The van der Waals surface area contributed by atoms with Crippen molar-refractivity contribution in [1.82, 2.24) is 0 Å². The van der Waals surface area contributed by atoms with Crippen LogP contribution in [0.5, 0.6) is 5.75 Å². The zero-order valence-corrected chi connectivity index (χ0v) is 14.0. The lowest BCUT2D eigenvalue weighted by Gasteiger charge is -2.41. The van der Waals surface area contributed by atoms with Crippen molar-refractivity contribution >= 4 is 5.97 Å². The molecule has 0 saturated carbocycles. The lowest BCUT2D eigenvalue weighted by Crippen LogP contribution is -3.18. The molecule has 2 fully saturated rings. The second-order valence-electron chi connectivity index (χ2n) is 6.87. The molecule has 126 valence electrons. The smallest absolute Gasteiger partial charge is 0.347 e. The van der Waals surface area contributed by atoms with Crippen molar-refractivity contribution in [2.75, 3.05) is 19.7 Å². The van der Waals surface area contributed by atoms with E-state index in [4.69, 9.17) is 9.47 Å². The van der Waals surface area contributed by atoms with Crippen molar-refractivity contribution in [2.45, 2.75) is 51.2 Å². The van der Waals surface area contributed by atoms with E-state index >= 15 is 0 Å². The quantitative estimate of drug-likeness (QED) is 0.842. The monoisotopic (exact) mass is 318 g/mol. The zero-order chi connectivity index (χ0) is 16.1. The van der Waals surface area contributed by atoms with E-state index in [0.29, 0.717) is 24.3 Å². The highest BCUT2D eigenvalue weighted by Crippen LogP contribution is 2.21. The Morgan fingerprint density at radius 1 is 1.17 bits per heavy atom. The number of rotatable bonds is 5. The molecular weight excluding hydrogens is 290 g/mol. The number of carbonyl (C=O) groups excluding carboxylic acids is 1. The van der Waals surface area contributed by atoms with Gasteiger partial charge in [-0.1, -0.05) is 18.2 Å². The predicted molar refractivity (Wildman–Crippen MR) is 88.6 cm³/mol. The molecule has 4 heteroatoms. The van der Waals surface area contributed by atoms with Gasteiger partial charge in [0.1, 0.15) is 5.75 Å². The second kappa shape index (κ2) is 7.82. The molecule has 1 aromatic carbocycles. The summed E-state index contributed by atoms with van der Waals surface area (Å²) in [5, 5.41) is 0. The molecule has 2 heterocycles. The average Bonchev–Trinajstić information content (AvgIpc) is 2.60. The number of benzene rings is 1. The van der Waals surface area contributed by atoms with Gasteiger partial charge in [0, 0.05) is 5.92 Å². The summed E-state index contributed by atoms with van der Waals surface area (Å²) in [7, 11) is 0. The molecule has 0 amide bonds. The molecule has 0 bridgehead atoms. The van der Waals surface area contributed by atoms with Crippen molar-refractivity contribution < 1.29 is 19.2 Å². The summed E-state index contributed by atoms with van der Waals surface area (Å²) in [6, 6.07) is 10.1. The summed E-state index contributed by atoms with van der Waals surface area (Å²) in [5.74, 6) is 0.973. The normalized spacial score (nSPS) is 28.5. The van der Waals surface area contributed by atoms with Crippen LogP contribution in [-0.4, -0.2) is 37.8 Å². The molecule has 1 unspecified atom stereocenters. The van der Waals surface area contributed by atoms with Gasteiger partial charge >= 0.3 is 5.97 Å². The third kappa shape index (κ3) is 4.25. The summed E-state index contributed by atoms with van der Waals surface area (Å²) >= 11 is 0. The Labute approximate surface area is 138 Å². The SMILES string of the molecule is C[C@H](Oc1ccccc1)C(=O)OC[C@H]1CCC[NH+]2CCCC[C@H]12. The topological polar surface area (TPSA) is 40.0 Å². The van der Waals surface area contributed by atoms with Gasteiger partial charge in [0.15, 0.2) is 6.10 Å². The Morgan fingerprint density at radius 3 is 2.78 bits per heavy atom. The van der Waals surface area contributed by atoms with Gasteiger partial charge in [-0.2, -0.15) is 0 Å². The van der Waals surface area contributed by atoms with Gasteiger partial charge in [-0.3, -0.25) is 0 Å². The van der Waals surface area contributed by atoms with E-state index in [9.17, 15) is 4.79 Å². The maximum atomic E-state index is 12.2. The highest BCUT2D eigenvalue weighted by Gasteiger charge is 2.37.